The fraction of sp³-hybridized carbons (Fsp3) is 0.0580. The van der Waals surface area contributed by atoms with E-state index in [-0.39, 0.29) is 5.41 Å². The molecule has 0 atom stereocenters. The van der Waals surface area contributed by atoms with E-state index in [0.717, 1.165) is 67.0 Å². The Kier molecular flexibility index (Phi) is 8.63. The Bertz CT molecular complexity index is 4140. The van der Waals surface area contributed by atoms with Gasteiger partial charge in [-0.25, -0.2) is 4.52 Å². The summed E-state index contributed by atoms with van der Waals surface area (Å²) < 4.78 is 2.19. The van der Waals surface area contributed by atoms with Gasteiger partial charge in [0.2, 0.25) is 0 Å². The number of benzene rings is 10. The number of pyridine rings is 1. The van der Waals surface area contributed by atoms with Crippen LogP contribution in [0.1, 0.15) is 47.2 Å². The monoisotopic (exact) mass is 917 g/mol. The van der Waals surface area contributed by atoms with E-state index < -0.39 is 5.41 Å². The smallest absolute Gasteiger partial charge is 0.101 e. The van der Waals surface area contributed by atoms with Gasteiger partial charge in [0.1, 0.15) is 5.69 Å². The number of hydrogen-bond donors (Lipinski definition) is 0. The molecule has 0 saturated heterocycles. The van der Waals surface area contributed by atoms with E-state index in [1.54, 1.807) is 0 Å². The summed E-state index contributed by atoms with van der Waals surface area (Å²) in [5, 5.41) is 7.81. The quantitative estimate of drug-likeness (QED) is 0.166. The topological polar surface area (TPSA) is 20.5 Å². The van der Waals surface area contributed by atoms with Crippen LogP contribution < -0.4 is 4.90 Å². The van der Waals surface area contributed by atoms with E-state index in [2.05, 4.69) is 272 Å². The van der Waals surface area contributed by atoms with Crippen molar-refractivity contribution in [1.29, 1.82) is 0 Å². The van der Waals surface area contributed by atoms with E-state index >= 15 is 0 Å². The molecule has 10 aromatic carbocycles. The zero-order valence-electron chi connectivity index (χ0n) is 40.0. The van der Waals surface area contributed by atoms with Crippen molar-refractivity contribution in [2.45, 2.75) is 24.7 Å². The van der Waals surface area contributed by atoms with Gasteiger partial charge in [0.25, 0.3) is 0 Å². The molecule has 1 spiro atoms. The summed E-state index contributed by atoms with van der Waals surface area (Å²) in [6, 6.07) is 92.2. The second kappa shape index (κ2) is 15.2. The zero-order valence-corrected chi connectivity index (χ0v) is 40.0. The molecule has 0 unspecified atom stereocenters. The molecule has 0 amide bonds. The number of hydrogen-bond acceptors (Lipinski definition) is 2. The van der Waals surface area contributed by atoms with Gasteiger partial charge in [0.15, 0.2) is 0 Å². The highest BCUT2D eigenvalue weighted by Gasteiger charge is 2.52. The molecule has 3 nitrogen and oxygen atoms in total. The summed E-state index contributed by atoms with van der Waals surface area (Å²) in [4.78, 5) is 2.55. The molecule has 2 heterocycles. The predicted molar refractivity (Wildman–Crippen MR) is 298 cm³/mol. The minimum absolute atomic E-state index is 0.188. The van der Waals surface area contributed by atoms with Crippen molar-refractivity contribution in [3.05, 3.63) is 282 Å². The van der Waals surface area contributed by atoms with Gasteiger partial charge in [-0.15, -0.1) is 0 Å². The highest BCUT2D eigenvalue weighted by atomic mass is 15.2. The second-order valence-electron chi connectivity index (χ2n) is 20.2. The lowest BCUT2D eigenvalue weighted by Gasteiger charge is -2.32. The standard InChI is InChI=1S/C69H47N3/c1-68(2)56-31-16-12-27-51(56)54-40-38-49(43-61(54)68)71(62-36-20-35-60-65(62)55-30-15-19-34-59(55)69(60)57-32-17-13-28-52(57)53-29-14-18-33-58(53)69)48-37-39-50-47(41-48)42-63(44-21-6-3-7-22-44)72-67(50)64(45-23-8-4-9-24-45)66(70-72)46-25-10-5-11-26-46/h3-43H,1-2H3. The SMILES string of the molecule is CC1(C)c2ccccc2-c2ccc(N(c3ccc4c(c3)cc(-c3ccccc3)n3nc(-c5ccccc5)c(-c5ccccc5)c43)c3cccc4c3-c3ccccc3C43c4ccccc4-c4ccccc43)cc21. The van der Waals surface area contributed by atoms with Crippen LogP contribution in [0.4, 0.5) is 17.1 Å². The Balaban J connectivity index is 1.03. The summed E-state index contributed by atoms with van der Waals surface area (Å²) in [6.07, 6.45) is 0. The normalized spacial score (nSPS) is 13.9. The van der Waals surface area contributed by atoms with Gasteiger partial charge >= 0.3 is 0 Å². The molecule has 338 valence electrons. The van der Waals surface area contributed by atoms with E-state index in [4.69, 9.17) is 5.10 Å². The first kappa shape index (κ1) is 40.8. The van der Waals surface area contributed by atoms with Gasteiger partial charge < -0.3 is 4.90 Å². The minimum atomic E-state index is -0.478. The molecular formula is C69H47N3. The Morgan fingerprint density at radius 1 is 0.375 bits per heavy atom. The van der Waals surface area contributed by atoms with Gasteiger partial charge in [-0.3, -0.25) is 0 Å². The van der Waals surface area contributed by atoms with Crippen LogP contribution in [-0.2, 0) is 10.8 Å². The van der Waals surface area contributed by atoms with Gasteiger partial charge in [-0.05, 0) is 109 Å². The van der Waals surface area contributed by atoms with Crippen LogP contribution >= 0.6 is 0 Å². The Hall–Kier alpha value is -9.05. The zero-order chi connectivity index (χ0) is 47.7. The number of fused-ring (bicyclic) bond motifs is 16. The molecule has 72 heavy (non-hydrogen) atoms. The van der Waals surface area contributed by atoms with Crippen LogP contribution in [0.2, 0.25) is 0 Å². The summed E-state index contributed by atoms with van der Waals surface area (Å²) >= 11 is 0. The number of nitrogens with zero attached hydrogens (tertiary/aromatic N) is 3. The van der Waals surface area contributed by atoms with Crippen molar-refractivity contribution >= 4 is 33.4 Å². The predicted octanol–water partition coefficient (Wildman–Crippen LogP) is 17.6. The molecule has 3 aliphatic rings. The fourth-order valence-corrected chi connectivity index (χ4v) is 13.1. The van der Waals surface area contributed by atoms with E-state index in [1.807, 2.05) is 0 Å². The van der Waals surface area contributed by atoms with Crippen molar-refractivity contribution in [2.24, 2.45) is 0 Å². The van der Waals surface area contributed by atoms with Gasteiger partial charge in [0, 0.05) is 44.4 Å². The summed E-state index contributed by atoms with van der Waals surface area (Å²) in [5.74, 6) is 0. The Labute approximate surface area is 419 Å². The first-order valence-corrected chi connectivity index (χ1v) is 25.1. The molecule has 0 aliphatic heterocycles. The van der Waals surface area contributed by atoms with Crippen LogP contribution in [0.25, 0.3) is 83.3 Å². The van der Waals surface area contributed by atoms with Crippen molar-refractivity contribution in [3.63, 3.8) is 0 Å². The summed E-state index contributed by atoms with van der Waals surface area (Å²) in [5.41, 5.74) is 26.0. The molecule has 0 N–H and O–H groups in total. The number of rotatable bonds is 6. The van der Waals surface area contributed by atoms with E-state index in [0.29, 0.717) is 0 Å². The van der Waals surface area contributed by atoms with Gasteiger partial charge in [-0.2, -0.15) is 5.10 Å². The fourth-order valence-electron chi connectivity index (χ4n) is 13.1. The molecule has 3 heteroatoms. The maximum absolute atomic E-state index is 5.54. The highest BCUT2D eigenvalue weighted by Crippen LogP contribution is 2.65. The molecule has 3 aliphatic carbocycles. The van der Waals surface area contributed by atoms with Gasteiger partial charge in [-0.1, -0.05) is 226 Å². The molecule has 15 rings (SSSR count). The van der Waals surface area contributed by atoms with Crippen LogP contribution in [0.15, 0.2) is 249 Å². The lowest BCUT2D eigenvalue weighted by Crippen LogP contribution is -2.26. The molecule has 0 fully saturated rings. The third-order valence-corrected chi connectivity index (χ3v) is 16.2. The number of anilines is 3. The molecular weight excluding hydrogens is 871 g/mol. The Morgan fingerprint density at radius 2 is 0.875 bits per heavy atom. The summed E-state index contributed by atoms with van der Waals surface area (Å²) in [6.45, 7) is 4.76. The molecule has 0 saturated carbocycles. The highest BCUT2D eigenvalue weighted by molar-refractivity contribution is 6.10. The van der Waals surface area contributed by atoms with E-state index in [1.165, 1.54) is 66.8 Å². The van der Waals surface area contributed by atoms with Crippen LogP contribution in [0.3, 0.4) is 0 Å². The largest absolute Gasteiger partial charge is 0.310 e. The number of aromatic nitrogens is 2. The average molecular weight is 918 g/mol. The molecule has 0 bridgehead atoms. The molecule has 12 aromatic rings. The third kappa shape index (κ3) is 5.53. The van der Waals surface area contributed by atoms with Crippen molar-refractivity contribution < 1.29 is 0 Å². The van der Waals surface area contributed by atoms with Crippen LogP contribution in [-0.4, -0.2) is 9.61 Å². The molecule has 0 radical (unpaired) electrons. The van der Waals surface area contributed by atoms with Crippen molar-refractivity contribution in [2.75, 3.05) is 4.90 Å². The maximum Gasteiger partial charge on any atom is 0.101 e. The maximum atomic E-state index is 5.54. The van der Waals surface area contributed by atoms with Crippen molar-refractivity contribution in [3.8, 4) is 67.0 Å². The van der Waals surface area contributed by atoms with Crippen LogP contribution in [0.5, 0.6) is 0 Å². The van der Waals surface area contributed by atoms with Crippen LogP contribution in [0, 0.1) is 0 Å². The second-order valence-corrected chi connectivity index (χ2v) is 20.2. The average Bonchev–Trinajstić information content (AvgIpc) is 4.15. The van der Waals surface area contributed by atoms with E-state index in [9.17, 15) is 0 Å². The first-order valence-electron chi connectivity index (χ1n) is 25.1. The minimum Gasteiger partial charge on any atom is -0.310 e. The first-order chi connectivity index (χ1) is 35.5. The Morgan fingerprint density at radius 3 is 1.54 bits per heavy atom. The lowest BCUT2D eigenvalue weighted by atomic mass is 9.70. The lowest BCUT2D eigenvalue weighted by molar-refractivity contribution is 0.660. The molecule has 2 aromatic heterocycles. The summed E-state index contributed by atoms with van der Waals surface area (Å²) in [7, 11) is 0. The third-order valence-electron chi connectivity index (χ3n) is 16.2. The van der Waals surface area contributed by atoms with Crippen molar-refractivity contribution in [1.82, 2.24) is 9.61 Å². The van der Waals surface area contributed by atoms with Gasteiger partial charge in [0.05, 0.1) is 22.3 Å².